The van der Waals surface area contributed by atoms with E-state index in [-0.39, 0.29) is 33.9 Å². The summed E-state index contributed by atoms with van der Waals surface area (Å²) in [5, 5.41) is 3.12. The number of hydrogen-bond acceptors (Lipinski definition) is 5. The molecular weight excluding hydrogens is 356 g/mol. The maximum absolute atomic E-state index is 12.8. The van der Waals surface area contributed by atoms with Crippen LogP contribution in [0.1, 0.15) is 48.3 Å². The summed E-state index contributed by atoms with van der Waals surface area (Å²) in [6.07, 6.45) is 1.42. The SMILES string of the molecule is Cc1oc2c(c1C(=O)Nc1cccc(Cl)c1)C(=O)c1ncccc1C2=O. The van der Waals surface area contributed by atoms with Crippen LogP contribution in [-0.4, -0.2) is 22.5 Å². The fourth-order valence-corrected chi connectivity index (χ4v) is 3.15. The third-order valence-electron chi connectivity index (χ3n) is 4.09. The fraction of sp³-hybridized carbons (Fsp3) is 0.0526. The molecule has 0 radical (unpaired) electrons. The van der Waals surface area contributed by atoms with Crippen LogP contribution in [0.15, 0.2) is 47.0 Å². The Labute approximate surface area is 152 Å². The van der Waals surface area contributed by atoms with E-state index in [9.17, 15) is 14.4 Å². The number of aromatic nitrogens is 1. The van der Waals surface area contributed by atoms with Gasteiger partial charge in [-0.3, -0.25) is 19.4 Å². The number of hydrogen-bond donors (Lipinski definition) is 1. The Morgan fingerprint density at radius 1 is 1.15 bits per heavy atom. The smallest absolute Gasteiger partial charge is 0.259 e. The van der Waals surface area contributed by atoms with Crippen LogP contribution in [0.25, 0.3) is 0 Å². The third-order valence-corrected chi connectivity index (χ3v) is 4.33. The molecule has 1 N–H and O–H groups in total. The number of amides is 1. The number of nitrogens with one attached hydrogen (secondary N) is 1. The maximum Gasteiger partial charge on any atom is 0.259 e. The predicted octanol–water partition coefficient (Wildman–Crippen LogP) is 3.66. The topological polar surface area (TPSA) is 89.3 Å². The number of anilines is 1. The normalized spacial score (nSPS) is 12.5. The Hall–Kier alpha value is -3.25. The Morgan fingerprint density at radius 3 is 2.73 bits per heavy atom. The Morgan fingerprint density at radius 2 is 1.96 bits per heavy atom. The molecule has 0 bridgehead atoms. The number of pyridine rings is 1. The second-order valence-electron chi connectivity index (χ2n) is 5.76. The molecule has 6 nitrogen and oxygen atoms in total. The monoisotopic (exact) mass is 366 g/mol. The van der Waals surface area contributed by atoms with Crippen molar-refractivity contribution in [2.75, 3.05) is 5.32 Å². The molecule has 0 aliphatic heterocycles. The van der Waals surface area contributed by atoms with E-state index in [0.29, 0.717) is 10.7 Å². The van der Waals surface area contributed by atoms with E-state index in [1.165, 1.54) is 19.2 Å². The number of furan rings is 1. The molecule has 0 saturated heterocycles. The molecule has 0 unspecified atom stereocenters. The molecule has 2 heterocycles. The van der Waals surface area contributed by atoms with Gasteiger partial charge in [-0.25, -0.2) is 0 Å². The number of ketones is 2. The second kappa shape index (κ2) is 5.93. The molecule has 0 atom stereocenters. The van der Waals surface area contributed by atoms with Crippen molar-refractivity contribution < 1.29 is 18.8 Å². The zero-order valence-electron chi connectivity index (χ0n) is 13.5. The molecule has 0 saturated carbocycles. The van der Waals surface area contributed by atoms with Crippen molar-refractivity contribution in [1.82, 2.24) is 4.98 Å². The number of benzene rings is 1. The summed E-state index contributed by atoms with van der Waals surface area (Å²) in [5.41, 5.74) is 0.612. The van der Waals surface area contributed by atoms with Gasteiger partial charge in [-0.2, -0.15) is 0 Å². The maximum atomic E-state index is 12.8. The number of halogens is 1. The van der Waals surface area contributed by atoms with Crippen LogP contribution in [0.2, 0.25) is 5.02 Å². The van der Waals surface area contributed by atoms with E-state index in [2.05, 4.69) is 10.3 Å². The van der Waals surface area contributed by atoms with Gasteiger partial charge in [0.05, 0.1) is 16.7 Å². The third kappa shape index (κ3) is 2.43. The number of carbonyl (C=O) groups excluding carboxylic acids is 3. The van der Waals surface area contributed by atoms with E-state index in [1.807, 2.05) is 0 Å². The van der Waals surface area contributed by atoms with Crippen molar-refractivity contribution in [2.24, 2.45) is 0 Å². The molecule has 128 valence electrons. The van der Waals surface area contributed by atoms with Gasteiger partial charge in [-0.1, -0.05) is 17.7 Å². The van der Waals surface area contributed by atoms with Crippen LogP contribution in [0.5, 0.6) is 0 Å². The van der Waals surface area contributed by atoms with Gasteiger partial charge < -0.3 is 9.73 Å². The molecule has 1 aromatic carbocycles. The zero-order chi connectivity index (χ0) is 18.4. The molecule has 4 rings (SSSR count). The minimum Gasteiger partial charge on any atom is -0.456 e. The summed E-state index contributed by atoms with van der Waals surface area (Å²) in [5.74, 6) is -1.49. The average Bonchev–Trinajstić information content (AvgIpc) is 2.97. The molecule has 0 fully saturated rings. The summed E-state index contributed by atoms with van der Waals surface area (Å²) < 4.78 is 5.47. The van der Waals surface area contributed by atoms with Crippen LogP contribution in [0.4, 0.5) is 5.69 Å². The van der Waals surface area contributed by atoms with E-state index >= 15 is 0 Å². The highest BCUT2D eigenvalue weighted by Gasteiger charge is 2.39. The number of carbonyl (C=O) groups is 3. The predicted molar refractivity (Wildman–Crippen MR) is 94.0 cm³/mol. The van der Waals surface area contributed by atoms with E-state index in [0.717, 1.165) is 0 Å². The van der Waals surface area contributed by atoms with Crippen molar-refractivity contribution in [3.63, 3.8) is 0 Å². The van der Waals surface area contributed by atoms with Crippen LogP contribution in [0, 0.1) is 6.92 Å². The van der Waals surface area contributed by atoms with Gasteiger partial charge in [0.2, 0.25) is 11.6 Å². The van der Waals surface area contributed by atoms with Gasteiger partial charge in [0.1, 0.15) is 11.5 Å². The molecule has 1 amide bonds. The lowest BCUT2D eigenvalue weighted by Gasteiger charge is -2.13. The highest BCUT2D eigenvalue weighted by atomic mass is 35.5. The van der Waals surface area contributed by atoms with Crippen molar-refractivity contribution in [2.45, 2.75) is 6.92 Å². The molecule has 1 aliphatic rings. The Kier molecular flexibility index (Phi) is 3.70. The minimum atomic E-state index is -0.560. The largest absolute Gasteiger partial charge is 0.456 e. The lowest BCUT2D eigenvalue weighted by Crippen LogP contribution is -2.24. The van der Waals surface area contributed by atoms with Crippen LogP contribution < -0.4 is 5.32 Å². The van der Waals surface area contributed by atoms with Crippen LogP contribution >= 0.6 is 11.6 Å². The number of fused-ring (bicyclic) bond motifs is 2. The van der Waals surface area contributed by atoms with Gasteiger partial charge in [-0.05, 0) is 37.3 Å². The standard InChI is InChI=1S/C19H11ClN2O4/c1-9-13(19(25)22-11-5-2-4-10(20)8-11)14-17(24)15-12(6-3-7-21-15)16(23)18(14)26-9/h2-8H,1H3,(H,22,25). The van der Waals surface area contributed by atoms with Gasteiger partial charge in [0.15, 0.2) is 5.76 Å². The van der Waals surface area contributed by atoms with E-state index in [4.69, 9.17) is 16.0 Å². The lowest BCUT2D eigenvalue weighted by molar-refractivity contribution is 0.0953. The van der Waals surface area contributed by atoms with E-state index in [1.54, 1.807) is 30.3 Å². The number of rotatable bonds is 2. The number of aryl methyl sites for hydroxylation is 1. The van der Waals surface area contributed by atoms with Crippen molar-refractivity contribution in [3.05, 3.63) is 81.5 Å². The van der Waals surface area contributed by atoms with Gasteiger partial charge in [0.25, 0.3) is 5.91 Å². The van der Waals surface area contributed by atoms with Gasteiger partial charge >= 0.3 is 0 Å². The molecule has 1 aliphatic carbocycles. The Bertz CT molecular complexity index is 1100. The molecular formula is C19H11ClN2O4. The van der Waals surface area contributed by atoms with Gasteiger partial charge in [0, 0.05) is 16.9 Å². The van der Waals surface area contributed by atoms with Crippen LogP contribution in [-0.2, 0) is 0 Å². The molecule has 2 aromatic heterocycles. The fourth-order valence-electron chi connectivity index (χ4n) is 2.96. The first-order chi connectivity index (χ1) is 12.5. The highest BCUT2D eigenvalue weighted by molar-refractivity contribution is 6.31. The molecule has 0 spiro atoms. The first-order valence-electron chi connectivity index (χ1n) is 7.72. The molecule has 7 heteroatoms. The van der Waals surface area contributed by atoms with Crippen molar-refractivity contribution in [1.29, 1.82) is 0 Å². The first-order valence-corrected chi connectivity index (χ1v) is 8.10. The summed E-state index contributed by atoms with van der Waals surface area (Å²) in [4.78, 5) is 42.2. The molecule has 26 heavy (non-hydrogen) atoms. The van der Waals surface area contributed by atoms with E-state index < -0.39 is 17.5 Å². The zero-order valence-corrected chi connectivity index (χ0v) is 14.3. The van der Waals surface area contributed by atoms with Crippen molar-refractivity contribution >= 4 is 34.8 Å². The highest BCUT2D eigenvalue weighted by Crippen LogP contribution is 2.32. The summed E-state index contributed by atoms with van der Waals surface area (Å²) >= 11 is 5.92. The van der Waals surface area contributed by atoms with Gasteiger partial charge in [-0.15, -0.1) is 0 Å². The summed E-state index contributed by atoms with van der Waals surface area (Å²) in [7, 11) is 0. The average molecular weight is 367 g/mol. The number of nitrogens with zero attached hydrogens (tertiary/aromatic N) is 1. The van der Waals surface area contributed by atoms with Crippen LogP contribution in [0.3, 0.4) is 0 Å². The molecule has 3 aromatic rings. The lowest BCUT2D eigenvalue weighted by atomic mass is 9.89. The van der Waals surface area contributed by atoms with Crippen molar-refractivity contribution in [3.8, 4) is 0 Å². The summed E-state index contributed by atoms with van der Waals surface area (Å²) in [6.45, 7) is 1.53. The first kappa shape index (κ1) is 16.2. The Balaban J connectivity index is 1.80. The minimum absolute atomic E-state index is 0.0163. The summed E-state index contributed by atoms with van der Waals surface area (Å²) in [6, 6.07) is 9.67. The quantitative estimate of drug-likeness (QED) is 0.584. The second-order valence-corrected chi connectivity index (χ2v) is 6.20.